The van der Waals surface area contributed by atoms with Crippen molar-refractivity contribution in [3.8, 4) is 11.5 Å². The van der Waals surface area contributed by atoms with Gasteiger partial charge in [-0.2, -0.15) is 0 Å². The number of carbonyl (C=O) groups excluding carboxylic acids is 1. The van der Waals surface area contributed by atoms with Gasteiger partial charge in [0, 0.05) is 15.1 Å². The van der Waals surface area contributed by atoms with E-state index >= 15 is 0 Å². The molecule has 1 heterocycles. The first-order chi connectivity index (χ1) is 13.5. The maximum Gasteiger partial charge on any atom is 0.256 e. The van der Waals surface area contributed by atoms with E-state index in [0.29, 0.717) is 34.5 Å². The van der Waals surface area contributed by atoms with Gasteiger partial charge in [-0.3, -0.25) is 4.79 Å². The van der Waals surface area contributed by atoms with Gasteiger partial charge >= 0.3 is 0 Å². The van der Waals surface area contributed by atoms with E-state index in [9.17, 15) is 4.79 Å². The third-order valence-corrected chi connectivity index (χ3v) is 5.09. The van der Waals surface area contributed by atoms with Crippen molar-refractivity contribution in [3.63, 3.8) is 0 Å². The van der Waals surface area contributed by atoms with E-state index in [4.69, 9.17) is 21.1 Å². The second-order valence-electron chi connectivity index (χ2n) is 6.00. The summed E-state index contributed by atoms with van der Waals surface area (Å²) in [7, 11) is 1.53. The molecule has 0 fully saturated rings. The monoisotopic (exact) mass is 460 g/mol. The van der Waals surface area contributed by atoms with Gasteiger partial charge in [-0.1, -0.05) is 23.7 Å². The first kappa shape index (κ1) is 20.2. The molecule has 2 aromatic carbocycles. The Morgan fingerprint density at radius 2 is 1.86 bits per heavy atom. The summed E-state index contributed by atoms with van der Waals surface area (Å²) in [6, 6.07) is 16.0. The Kier molecular flexibility index (Phi) is 6.54. The van der Waals surface area contributed by atoms with E-state index in [1.165, 1.54) is 7.11 Å². The number of nitrogens with one attached hydrogen (secondary N) is 1. The minimum Gasteiger partial charge on any atom is -0.493 e. The SMILES string of the molecule is COc1cc(C(=O)Nc2ccc(Br)c(C)n2)ccc1OCc1ccc(Cl)cc1. The highest BCUT2D eigenvalue weighted by Crippen LogP contribution is 2.29. The molecular formula is C21H18BrClN2O3. The molecule has 0 unspecified atom stereocenters. The number of hydrogen-bond acceptors (Lipinski definition) is 4. The standard InChI is InChI=1S/C21H18BrClN2O3/c1-13-17(22)8-10-20(24-13)25-21(26)15-5-9-18(19(11-15)27-2)28-12-14-3-6-16(23)7-4-14/h3-11H,12H2,1-2H3,(H,24,25,26). The summed E-state index contributed by atoms with van der Waals surface area (Å²) in [5, 5.41) is 3.45. The van der Waals surface area contributed by atoms with Crippen LogP contribution in [-0.4, -0.2) is 18.0 Å². The summed E-state index contributed by atoms with van der Waals surface area (Å²) in [6.45, 7) is 2.22. The number of anilines is 1. The highest BCUT2D eigenvalue weighted by atomic mass is 79.9. The Morgan fingerprint density at radius 3 is 2.54 bits per heavy atom. The molecule has 0 aliphatic carbocycles. The smallest absolute Gasteiger partial charge is 0.256 e. The Morgan fingerprint density at radius 1 is 1.11 bits per heavy atom. The van der Waals surface area contributed by atoms with E-state index in [1.807, 2.05) is 37.3 Å². The van der Waals surface area contributed by atoms with Crippen molar-refractivity contribution >= 4 is 39.3 Å². The lowest BCUT2D eigenvalue weighted by Crippen LogP contribution is -2.13. The number of ether oxygens (including phenoxy) is 2. The summed E-state index contributed by atoms with van der Waals surface area (Å²) in [5.74, 6) is 1.22. The molecule has 0 bridgehead atoms. The molecule has 7 heteroatoms. The number of rotatable bonds is 6. The maximum atomic E-state index is 12.5. The van der Waals surface area contributed by atoms with E-state index in [1.54, 1.807) is 24.3 Å². The highest BCUT2D eigenvalue weighted by molar-refractivity contribution is 9.10. The minimum absolute atomic E-state index is 0.281. The Hall–Kier alpha value is -2.57. The predicted molar refractivity (Wildman–Crippen MR) is 113 cm³/mol. The van der Waals surface area contributed by atoms with Crippen LogP contribution in [0.15, 0.2) is 59.1 Å². The van der Waals surface area contributed by atoms with Crippen LogP contribution in [0.4, 0.5) is 5.82 Å². The molecule has 0 atom stereocenters. The number of hydrogen-bond donors (Lipinski definition) is 1. The molecule has 0 radical (unpaired) electrons. The fourth-order valence-electron chi connectivity index (χ4n) is 2.47. The molecule has 3 rings (SSSR count). The summed E-state index contributed by atoms with van der Waals surface area (Å²) < 4.78 is 12.1. The van der Waals surface area contributed by atoms with Crippen LogP contribution in [0.3, 0.4) is 0 Å². The Balaban J connectivity index is 1.71. The van der Waals surface area contributed by atoms with Gasteiger partial charge in [0.15, 0.2) is 11.5 Å². The van der Waals surface area contributed by atoms with Crippen LogP contribution < -0.4 is 14.8 Å². The zero-order valence-electron chi connectivity index (χ0n) is 15.3. The number of methoxy groups -OCH3 is 1. The molecule has 0 saturated carbocycles. The lowest BCUT2D eigenvalue weighted by molar-refractivity contribution is 0.102. The van der Waals surface area contributed by atoms with Crippen molar-refractivity contribution in [2.24, 2.45) is 0 Å². The molecular weight excluding hydrogens is 444 g/mol. The lowest BCUT2D eigenvalue weighted by Gasteiger charge is -2.12. The second-order valence-corrected chi connectivity index (χ2v) is 7.29. The molecule has 5 nitrogen and oxygen atoms in total. The molecule has 0 aliphatic rings. The van der Waals surface area contributed by atoms with Crippen molar-refractivity contribution in [1.82, 2.24) is 4.98 Å². The number of aromatic nitrogens is 1. The number of nitrogens with zero attached hydrogens (tertiary/aromatic N) is 1. The predicted octanol–water partition coefficient (Wildman–Crippen LogP) is 5.65. The molecule has 28 heavy (non-hydrogen) atoms. The third-order valence-electron chi connectivity index (χ3n) is 4.00. The highest BCUT2D eigenvalue weighted by Gasteiger charge is 2.13. The first-order valence-corrected chi connectivity index (χ1v) is 9.63. The number of halogens is 2. The zero-order chi connectivity index (χ0) is 20.1. The fraction of sp³-hybridized carbons (Fsp3) is 0.143. The van der Waals surface area contributed by atoms with Crippen molar-refractivity contribution in [1.29, 1.82) is 0 Å². The number of pyridine rings is 1. The van der Waals surface area contributed by atoms with Crippen LogP contribution in [0.2, 0.25) is 5.02 Å². The average molecular weight is 462 g/mol. The normalized spacial score (nSPS) is 10.4. The van der Waals surface area contributed by atoms with Gasteiger partial charge in [-0.05, 0) is 70.9 Å². The quantitative estimate of drug-likeness (QED) is 0.515. The summed E-state index contributed by atoms with van der Waals surface area (Å²) in [5.41, 5.74) is 2.21. The fourth-order valence-corrected chi connectivity index (χ4v) is 2.82. The molecule has 0 spiro atoms. The topological polar surface area (TPSA) is 60.5 Å². The van der Waals surface area contributed by atoms with E-state index in [-0.39, 0.29) is 5.91 Å². The number of amides is 1. The van der Waals surface area contributed by atoms with Gasteiger partial charge in [0.1, 0.15) is 12.4 Å². The number of carbonyl (C=O) groups is 1. The van der Waals surface area contributed by atoms with Crippen molar-refractivity contribution in [2.45, 2.75) is 13.5 Å². The molecule has 144 valence electrons. The molecule has 3 aromatic rings. The number of aryl methyl sites for hydroxylation is 1. The molecule has 0 aliphatic heterocycles. The van der Waals surface area contributed by atoms with Gasteiger partial charge in [0.05, 0.1) is 12.8 Å². The average Bonchev–Trinajstić information content (AvgIpc) is 2.70. The van der Waals surface area contributed by atoms with Crippen LogP contribution in [0.1, 0.15) is 21.6 Å². The summed E-state index contributed by atoms with van der Waals surface area (Å²) >= 11 is 9.28. The van der Waals surface area contributed by atoms with Gasteiger partial charge in [0.25, 0.3) is 5.91 Å². The maximum absolute atomic E-state index is 12.5. The van der Waals surface area contributed by atoms with Crippen LogP contribution in [-0.2, 0) is 6.61 Å². The van der Waals surface area contributed by atoms with E-state index in [2.05, 4.69) is 26.2 Å². The van der Waals surface area contributed by atoms with Gasteiger partial charge in [-0.15, -0.1) is 0 Å². The van der Waals surface area contributed by atoms with Crippen LogP contribution in [0, 0.1) is 6.92 Å². The van der Waals surface area contributed by atoms with Gasteiger partial charge < -0.3 is 14.8 Å². The van der Waals surface area contributed by atoms with Crippen LogP contribution in [0.25, 0.3) is 0 Å². The van der Waals surface area contributed by atoms with Crippen molar-refractivity contribution in [3.05, 3.63) is 80.9 Å². The lowest BCUT2D eigenvalue weighted by atomic mass is 10.2. The zero-order valence-corrected chi connectivity index (χ0v) is 17.7. The van der Waals surface area contributed by atoms with Gasteiger partial charge in [-0.25, -0.2) is 4.98 Å². The first-order valence-electron chi connectivity index (χ1n) is 8.46. The van der Waals surface area contributed by atoms with Crippen molar-refractivity contribution in [2.75, 3.05) is 12.4 Å². The Bertz CT molecular complexity index is 993. The Labute approximate surface area is 176 Å². The number of benzene rings is 2. The van der Waals surface area contributed by atoms with Crippen LogP contribution >= 0.6 is 27.5 Å². The molecule has 0 saturated heterocycles. The molecule has 1 aromatic heterocycles. The largest absolute Gasteiger partial charge is 0.493 e. The van der Waals surface area contributed by atoms with Crippen molar-refractivity contribution < 1.29 is 14.3 Å². The minimum atomic E-state index is -0.281. The second kappa shape index (κ2) is 9.08. The van der Waals surface area contributed by atoms with Crippen LogP contribution in [0.5, 0.6) is 11.5 Å². The third kappa shape index (κ3) is 5.03. The van der Waals surface area contributed by atoms with E-state index < -0.39 is 0 Å². The van der Waals surface area contributed by atoms with Gasteiger partial charge in [0.2, 0.25) is 0 Å². The summed E-state index contributed by atoms with van der Waals surface area (Å²) in [4.78, 5) is 16.9. The van der Waals surface area contributed by atoms with E-state index in [0.717, 1.165) is 15.7 Å². The summed E-state index contributed by atoms with van der Waals surface area (Å²) in [6.07, 6.45) is 0. The molecule has 1 N–H and O–H groups in total. The molecule has 1 amide bonds.